The maximum Gasteiger partial charge on any atom is 0.341 e. The maximum absolute atomic E-state index is 14.7. The molecule has 1 aliphatic heterocycles. The molecule has 0 radical (unpaired) electrons. The van der Waals surface area contributed by atoms with E-state index in [2.05, 4.69) is 4.98 Å². The van der Waals surface area contributed by atoms with E-state index in [0.29, 0.717) is 28.7 Å². The zero-order valence-corrected chi connectivity index (χ0v) is 15.0. The smallest absolute Gasteiger partial charge is 0.341 e. The lowest BCUT2D eigenvalue weighted by molar-refractivity contribution is 0.0695. The van der Waals surface area contributed by atoms with Gasteiger partial charge in [-0.05, 0) is 32.3 Å². The number of hydrogen-bond donors (Lipinski definition) is 1. The molecular weight excluding hydrogens is 349 g/mol. The van der Waals surface area contributed by atoms with Gasteiger partial charge >= 0.3 is 5.97 Å². The summed E-state index contributed by atoms with van der Waals surface area (Å²) in [4.78, 5) is 30.7. The Morgan fingerprint density at radius 1 is 1.26 bits per heavy atom. The van der Waals surface area contributed by atoms with Crippen molar-refractivity contribution in [2.45, 2.75) is 32.7 Å². The number of carboxylic acid groups (broad SMARTS) is 1. The SMILES string of the molecule is CCn1cc(C(=O)O)c(=O)c2c3cc(N4CCCCC4)c(F)cc3ncc21. The standard InChI is InChI=1S/C20H20FN3O3/c1-2-23-11-13(20(26)27)19(25)18-12-8-16(24-6-4-3-5-7-24)14(21)9-15(12)22-10-17(18)23/h8-11H,2-7H2,1H3,(H,26,27). The number of carbonyl (C=O) groups is 1. The molecule has 0 bridgehead atoms. The van der Waals surface area contributed by atoms with Gasteiger partial charge in [-0.3, -0.25) is 9.78 Å². The van der Waals surface area contributed by atoms with E-state index in [0.717, 1.165) is 32.4 Å². The van der Waals surface area contributed by atoms with Crippen LogP contribution in [-0.4, -0.2) is 33.7 Å². The number of anilines is 1. The molecule has 3 aromatic rings. The average Bonchev–Trinajstić information content (AvgIpc) is 2.67. The topological polar surface area (TPSA) is 75.4 Å². The van der Waals surface area contributed by atoms with Gasteiger partial charge < -0.3 is 14.6 Å². The Morgan fingerprint density at radius 3 is 2.67 bits per heavy atom. The number of aryl methyl sites for hydroxylation is 1. The molecule has 0 spiro atoms. The Balaban J connectivity index is 2.08. The van der Waals surface area contributed by atoms with E-state index in [1.165, 1.54) is 18.5 Å². The average molecular weight is 369 g/mol. The Morgan fingerprint density at radius 2 is 2.00 bits per heavy atom. The van der Waals surface area contributed by atoms with Crippen molar-refractivity contribution in [2.24, 2.45) is 0 Å². The van der Waals surface area contributed by atoms with Crippen LogP contribution in [0.2, 0.25) is 0 Å². The number of halogens is 1. The lowest BCUT2D eigenvalue weighted by atomic mass is 10.0. The summed E-state index contributed by atoms with van der Waals surface area (Å²) in [6.45, 7) is 3.88. The van der Waals surface area contributed by atoms with Crippen molar-refractivity contribution in [1.82, 2.24) is 9.55 Å². The van der Waals surface area contributed by atoms with Gasteiger partial charge in [0.1, 0.15) is 11.4 Å². The van der Waals surface area contributed by atoms with Crippen LogP contribution in [0.5, 0.6) is 0 Å². The van der Waals surface area contributed by atoms with Crippen molar-refractivity contribution in [1.29, 1.82) is 0 Å². The minimum absolute atomic E-state index is 0.278. The molecule has 2 aromatic heterocycles. The van der Waals surface area contributed by atoms with E-state index in [1.807, 2.05) is 11.8 Å². The van der Waals surface area contributed by atoms with Gasteiger partial charge in [0.2, 0.25) is 5.43 Å². The van der Waals surface area contributed by atoms with Crippen LogP contribution in [0.4, 0.5) is 10.1 Å². The van der Waals surface area contributed by atoms with Crippen LogP contribution in [0.15, 0.2) is 29.3 Å². The van der Waals surface area contributed by atoms with Gasteiger partial charge in [-0.2, -0.15) is 0 Å². The highest BCUT2D eigenvalue weighted by Crippen LogP contribution is 2.30. The third-order valence-electron chi connectivity index (χ3n) is 5.25. The number of aromatic nitrogens is 2. The first-order valence-corrected chi connectivity index (χ1v) is 9.15. The van der Waals surface area contributed by atoms with E-state index in [9.17, 15) is 19.1 Å². The fraction of sp³-hybridized carbons (Fsp3) is 0.350. The predicted molar refractivity (Wildman–Crippen MR) is 102 cm³/mol. The number of nitrogens with zero attached hydrogens (tertiary/aromatic N) is 3. The summed E-state index contributed by atoms with van der Waals surface area (Å²) in [5, 5.41) is 10.2. The second-order valence-electron chi connectivity index (χ2n) is 6.85. The van der Waals surface area contributed by atoms with Gasteiger partial charge in [0, 0.05) is 37.3 Å². The number of piperidine rings is 1. The minimum atomic E-state index is -1.27. The van der Waals surface area contributed by atoms with Crippen LogP contribution in [-0.2, 0) is 6.54 Å². The zero-order chi connectivity index (χ0) is 19.1. The molecule has 0 saturated carbocycles. The van der Waals surface area contributed by atoms with Crippen LogP contribution in [0.25, 0.3) is 21.8 Å². The lowest BCUT2D eigenvalue weighted by Crippen LogP contribution is -2.30. The molecule has 1 saturated heterocycles. The first-order chi connectivity index (χ1) is 13.0. The van der Waals surface area contributed by atoms with E-state index >= 15 is 0 Å². The molecule has 27 heavy (non-hydrogen) atoms. The van der Waals surface area contributed by atoms with Crippen LogP contribution in [0, 0.1) is 5.82 Å². The quantitative estimate of drug-likeness (QED) is 0.716. The first-order valence-electron chi connectivity index (χ1n) is 9.15. The molecule has 6 nitrogen and oxygen atoms in total. The molecule has 140 valence electrons. The van der Waals surface area contributed by atoms with Crippen LogP contribution < -0.4 is 10.3 Å². The van der Waals surface area contributed by atoms with Crippen molar-refractivity contribution in [3.63, 3.8) is 0 Å². The molecule has 0 aliphatic carbocycles. The van der Waals surface area contributed by atoms with Crippen molar-refractivity contribution < 1.29 is 14.3 Å². The monoisotopic (exact) mass is 369 g/mol. The molecule has 7 heteroatoms. The highest BCUT2D eigenvalue weighted by atomic mass is 19.1. The molecule has 0 unspecified atom stereocenters. The highest BCUT2D eigenvalue weighted by Gasteiger charge is 2.20. The third-order valence-corrected chi connectivity index (χ3v) is 5.25. The summed E-state index contributed by atoms with van der Waals surface area (Å²) in [7, 11) is 0. The summed E-state index contributed by atoms with van der Waals surface area (Å²) < 4.78 is 16.4. The van der Waals surface area contributed by atoms with E-state index in [-0.39, 0.29) is 16.8 Å². The van der Waals surface area contributed by atoms with Crippen LogP contribution in [0.3, 0.4) is 0 Å². The van der Waals surface area contributed by atoms with E-state index in [1.54, 1.807) is 10.6 Å². The minimum Gasteiger partial charge on any atom is -0.477 e. The van der Waals surface area contributed by atoms with Crippen LogP contribution >= 0.6 is 0 Å². The second kappa shape index (κ2) is 6.64. The number of benzene rings is 1. The fourth-order valence-corrected chi connectivity index (χ4v) is 3.86. The molecule has 0 amide bonds. The molecule has 0 atom stereocenters. The summed E-state index contributed by atoms with van der Waals surface area (Å²) in [5.74, 6) is -1.64. The Labute approximate surface area is 154 Å². The molecule has 1 N–H and O–H groups in total. The highest BCUT2D eigenvalue weighted by molar-refractivity contribution is 6.07. The van der Waals surface area contributed by atoms with Crippen molar-refractivity contribution in [3.8, 4) is 0 Å². The second-order valence-corrected chi connectivity index (χ2v) is 6.85. The predicted octanol–water partition coefficient (Wildman–Crippen LogP) is 3.40. The molecule has 1 aliphatic rings. The molecular formula is C20H20FN3O3. The van der Waals surface area contributed by atoms with Gasteiger partial charge in [-0.25, -0.2) is 9.18 Å². The maximum atomic E-state index is 14.7. The van der Waals surface area contributed by atoms with Gasteiger partial charge in [0.05, 0.1) is 28.3 Å². The van der Waals surface area contributed by atoms with Crippen molar-refractivity contribution in [2.75, 3.05) is 18.0 Å². The van der Waals surface area contributed by atoms with E-state index < -0.39 is 11.4 Å². The van der Waals surface area contributed by atoms with Gasteiger partial charge in [0.15, 0.2) is 0 Å². The Kier molecular flexibility index (Phi) is 4.30. The summed E-state index contributed by atoms with van der Waals surface area (Å²) >= 11 is 0. The van der Waals surface area contributed by atoms with Crippen LogP contribution in [0.1, 0.15) is 36.5 Å². The normalized spacial score (nSPS) is 14.8. The summed E-state index contributed by atoms with van der Waals surface area (Å²) in [5.41, 5.74) is 0.491. The number of pyridine rings is 2. The van der Waals surface area contributed by atoms with Crippen molar-refractivity contribution in [3.05, 3.63) is 46.1 Å². The molecule has 4 rings (SSSR count). The Hall–Kier alpha value is -2.96. The molecule has 1 aromatic carbocycles. The number of aromatic carboxylic acids is 1. The van der Waals surface area contributed by atoms with Gasteiger partial charge in [-0.1, -0.05) is 0 Å². The number of fused-ring (bicyclic) bond motifs is 3. The number of carboxylic acids is 1. The molecule has 3 heterocycles. The fourth-order valence-electron chi connectivity index (χ4n) is 3.86. The van der Waals surface area contributed by atoms with Gasteiger partial charge in [0.25, 0.3) is 0 Å². The van der Waals surface area contributed by atoms with Crippen molar-refractivity contribution >= 4 is 33.5 Å². The summed E-state index contributed by atoms with van der Waals surface area (Å²) in [6, 6.07) is 2.99. The Bertz CT molecular complexity index is 1120. The molecule has 1 fully saturated rings. The largest absolute Gasteiger partial charge is 0.477 e. The van der Waals surface area contributed by atoms with E-state index in [4.69, 9.17) is 0 Å². The number of hydrogen-bond acceptors (Lipinski definition) is 4. The lowest BCUT2D eigenvalue weighted by Gasteiger charge is -2.29. The number of rotatable bonds is 3. The first kappa shape index (κ1) is 17.5. The third kappa shape index (κ3) is 2.83. The zero-order valence-electron chi connectivity index (χ0n) is 15.0. The van der Waals surface area contributed by atoms with Gasteiger partial charge in [-0.15, -0.1) is 0 Å². The summed E-state index contributed by atoms with van der Waals surface area (Å²) in [6.07, 6.45) is 5.97.